The van der Waals surface area contributed by atoms with Crippen LogP contribution in [0.4, 0.5) is 30.6 Å². The Balaban J connectivity index is 2.16. The van der Waals surface area contributed by atoms with Gasteiger partial charge in [-0.05, 0) is 25.1 Å². The lowest BCUT2D eigenvalue weighted by Crippen LogP contribution is -2.32. The molecule has 2 rings (SSSR count). The van der Waals surface area contributed by atoms with E-state index in [4.69, 9.17) is 11.0 Å². The summed E-state index contributed by atoms with van der Waals surface area (Å²) < 4.78 is 38.2. The summed E-state index contributed by atoms with van der Waals surface area (Å²) in [5.41, 5.74) is 4.17. The van der Waals surface area contributed by atoms with Gasteiger partial charge in [0.05, 0.1) is 5.56 Å². The van der Waals surface area contributed by atoms with Crippen LogP contribution in [0.5, 0.6) is 5.88 Å². The van der Waals surface area contributed by atoms with E-state index in [0.717, 1.165) is 12.1 Å². The van der Waals surface area contributed by atoms with E-state index in [1.165, 1.54) is 19.1 Å². The first-order chi connectivity index (χ1) is 12.1. The number of rotatable bonds is 4. The first-order valence-electron chi connectivity index (χ1n) is 7.13. The third kappa shape index (κ3) is 4.29. The number of carbonyl (C=O) groups is 1. The molecule has 0 bridgehead atoms. The molecule has 8 nitrogen and oxygen atoms in total. The fourth-order valence-corrected chi connectivity index (χ4v) is 1.98. The second kappa shape index (κ2) is 7.14. The standard InChI is InChI=1S/C15H13F3N6O2/c1-7(21-9-4-2-3-8(5-9)15(16,17)18)12(25)22-11-10(6-19)13(26)24-14(20)23-11/h2-5,7,21H,1H3,(H4,20,22,23,24,25,26)/t7-/m0/s1. The second-order valence-electron chi connectivity index (χ2n) is 5.17. The number of anilines is 3. The molecule has 0 spiro atoms. The van der Waals surface area contributed by atoms with Crippen molar-refractivity contribution < 1.29 is 23.1 Å². The number of aromatic hydroxyl groups is 1. The predicted octanol–water partition coefficient (Wildman–Crippen LogP) is 2.09. The van der Waals surface area contributed by atoms with Gasteiger partial charge in [-0.15, -0.1) is 0 Å². The van der Waals surface area contributed by atoms with Gasteiger partial charge in [-0.2, -0.15) is 28.4 Å². The van der Waals surface area contributed by atoms with Crippen molar-refractivity contribution >= 4 is 23.4 Å². The van der Waals surface area contributed by atoms with Crippen LogP contribution in [-0.4, -0.2) is 27.0 Å². The van der Waals surface area contributed by atoms with Gasteiger partial charge in [0.15, 0.2) is 11.4 Å². The maximum atomic E-state index is 12.7. The molecule has 1 aromatic heterocycles. The van der Waals surface area contributed by atoms with Crippen molar-refractivity contribution in [2.45, 2.75) is 19.1 Å². The van der Waals surface area contributed by atoms with E-state index in [2.05, 4.69) is 20.6 Å². The zero-order valence-corrected chi connectivity index (χ0v) is 13.3. The molecule has 26 heavy (non-hydrogen) atoms. The number of hydrogen-bond acceptors (Lipinski definition) is 7. The number of benzene rings is 1. The summed E-state index contributed by atoms with van der Waals surface area (Å²) >= 11 is 0. The molecule has 0 fully saturated rings. The average molecular weight is 366 g/mol. The molecule has 5 N–H and O–H groups in total. The lowest BCUT2D eigenvalue weighted by molar-refractivity contribution is -0.137. The van der Waals surface area contributed by atoms with Crippen LogP contribution < -0.4 is 16.4 Å². The van der Waals surface area contributed by atoms with E-state index in [1.807, 2.05) is 0 Å². The second-order valence-corrected chi connectivity index (χ2v) is 5.17. The first-order valence-corrected chi connectivity index (χ1v) is 7.13. The highest BCUT2D eigenvalue weighted by Crippen LogP contribution is 2.30. The fourth-order valence-electron chi connectivity index (χ4n) is 1.98. The van der Waals surface area contributed by atoms with E-state index in [1.54, 1.807) is 6.07 Å². The fraction of sp³-hybridized carbons (Fsp3) is 0.200. The van der Waals surface area contributed by atoms with Crippen molar-refractivity contribution in [2.75, 3.05) is 16.4 Å². The van der Waals surface area contributed by atoms with Gasteiger partial charge in [0.2, 0.25) is 17.7 Å². The lowest BCUT2D eigenvalue weighted by atomic mass is 10.2. The van der Waals surface area contributed by atoms with Crippen molar-refractivity contribution in [2.24, 2.45) is 0 Å². The molecule has 0 aliphatic rings. The minimum Gasteiger partial charge on any atom is -0.492 e. The van der Waals surface area contributed by atoms with Crippen molar-refractivity contribution in [1.82, 2.24) is 9.97 Å². The Morgan fingerprint density at radius 3 is 2.69 bits per heavy atom. The Kier molecular flexibility index (Phi) is 5.16. The van der Waals surface area contributed by atoms with E-state index in [0.29, 0.717) is 0 Å². The smallest absolute Gasteiger partial charge is 0.416 e. The molecule has 0 radical (unpaired) electrons. The SMILES string of the molecule is C[C@H](Nc1cccc(C(F)(F)F)c1)C(=O)Nc1nc(N)nc(O)c1C#N. The minimum atomic E-state index is -4.51. The highest BCUT2D eigenvalue weighted by atomic mass is 19.4. The van der Waals surface area contributed by atoms with Crippen molar-refractivity contribution in [3.8, 4) is 11.9 Å². The summed E-state index contributed by atoms with van der Waals surface area (Å²) in [7, 11) is 0. The Bertz CT molecular complexity index is 879. The van der Waals surface area contributed by atoms with Crippen molar-refractivity contribution in [3.05, 3.63) is 35.4 Å². The number of aromatic nitrogens is 2. The van der Waals surface area contributed by atoms with Crippen molar-refractivity contribution in [1.29, 1.82) is 5.26 Å². The molecule has 1 aromatic carbocycles. The summed E-state index contributed by atoms with van der Waals surface area (Å²) in [4.78, 5) is 19.2. The highest BCUT2D eigenvalue weighted by molar-refractivity contribution is 5.96. The minimum absolute atomic E-state index is 0.0769. The molecule has 1 amide bonds. The largest absolute Gasteiger partial charge is 0.492 e. The molecule has 11 heteroatoms. The summed E-state index contributed by atoms with van der Waals surface area (Å²) in [5.74, 6) is -2.08. The molecule has 0 aliphatic carbocycles. The van der Waals surface area contributed by atoms with Gasteiger partial charge in [0, 0.05) is 5.69 Å². The zero-order chi connectivity index (χ0) is 19.5. The summed E-state index contributed by atoms with van der Waals surface area (Å²) in [6, 6.07) is 4.97. The van der Waals surface area contributed by atoms with Gasteiger partial charge < -0.3 is 21.5 Å². The van der Waals surface area contributed by atoms with Crippen LogP contribution in [0.2, 0.25) is 0 Å². The van der Waals surface area contributed by atoms with Crippen molar-refractivity contribution in [3.63, 3.8) is 0 Å². The van der Waals surface area contributed by atoms with E-state index in [-0.39, 0.29) is 23.0 Å². The van der Waals surface area contributed by atoms with Crippen LogP contribution in [0.3, 0.4) is 0 Å². The molecule has 0 saturated carbocycles. The zero-order valence-electron chi connectivity index (χ0n) is 13.3. The Morgan fingerprint density at radius 2 is 2.08 bits per heavy atom. The van der Waals surface area contributed by atoms with Gasteiger partial charge in [0.25, 0.3) is 0 Å². The van der Waals surface area contributed by atoms with E-state index in [9.17, 15) is 23.1 Å². The van der Waals surface area contributed by atoms with Crippen LogP contribution in [0.1, 0.15) is 18.1 Å². The summed E-state index contributed by atoms with van der Waals surface area (Å²) in [5, 5.41) is 23.4. The lowest BCUT2D eigenvalue weighted by Gasteiger charge is -2.16. The van der Waals surface area contributed by atoms with Gasteiger partial charge in [-0.25, -0.2) is 0 Å². The van der Waals surface area contributed by atoms with Crippen LogP contribution in [0.15, 0.2) is 24.3 Å². The molecule has 0 aliphatic heterocycles. The van der Waals surface area contributed by atoms with Crippen LogP contribution in [0.25, 0.3) is 0 Å². The molecular weight excluding hydrogens is 353 g/mol. The van der Waals surface area contributed by atoms with Gasteiger partial charge in [-0.3, -0.25) is 4.79 Å². The maximum Gasteiger partial charge on any atom is 0.416 e. The summed E-state index contributed by atoms with van der Waals surface area (Å²) in [6.07, 6.45) is -4.51. The topological polar surface area (TPSA) is 137 Å². The number of alkyl halides is 3. The van der Waals surface area contributed by atoms with E-state index < -0.39 is 29.6 Å². The Labute approximate surface area is 145 Å². The van der Waals surface area contributed by atoms with Crippen LogP contribution >= 0.6 is 0 Å². The number of nitrogens with one attached hydrogen (secondary N) is 2. The number of nitrogens with two attached hydrogens (primary N) is 1. The van der Waals surface area contributed by atoms with Gasteiger partial charge in [0.1, 0.15) is 12.1 Å². The highest BCUT2D eigenvalue weighted by Gasteiger charge is 2.30. The third-order valence-electron chi connectivity index (χ3n) is 3.23. The normalized spacial score (nSPS) is 12.1. The predicted molar refractivity (Wildman–Crippen MR) is 86.0 cm³/mol. The monoisotopic (exact) mass is 366 g/mol. The molecule has 0 saturated heterocycles. The molecule has 0 unspecified atom stereocenters. The van der Waals surface area contributed by atoms with E-state index >= 15 is 0 Å². The Hall–Kier alpha value is -3.55. The average Bonchev–Trinajstić information content (AvgIpc) is 2.54. The Morgan fingerprint density at radius 1 is 1.38 bits per heavy atom. The molecular formula is C15H13F3N6O2. The molecule has 2 aromatic rings. The quantitative estimate of drug-likeness (QED) is 0.650. The number of halogens is 3. The number of carbonyl (C=O) groups excluding carboxylic acids is 1. The summed E-state index contributed by atoms with van der Waals surface area (Å²) in [6.45, 7) is 1.39. The van der Waals surface area contributed by atoms with Crippen LogP contribution in [-0.2, 0) is 11.0 Å². The number of nitriles is 1. The third-order valence-corrected chi connectivity index (χ3v) is 3.23. The van der Waals surface area contributed by atoms with Gasteiger partial charge in [-0.1, -0.05) is 6.07 Å². The van der Waals surface area contributed by atoms with Gasteiger partial charge >= 0.3 is 6.18 Å². The van der Waals surface area contributed by atoms with Crippen LogP contribution in [0, 0.1) is 11.3 Å². The first kappa shape index (κ1) is 18.8. The maximum absolute atomic E-state index is 12.7. The number of hydrogen-bond donors (Lipinski definition) is 4. The molecule has 1 heterocycles. The molecule has 136 valence electrons. The molecule has 1 atom stereocenters. The number of nitrogen functional groups attached to an aromatic ring is 1. The number of nitrogens with zero attached hydrogens (tertiary/aromatic N) is 3. The number of amides is 1.